The van der Waals surface area contributed by atoms with E-state index in [0.717, 1.165) is 11.4 Å². The fourth-order valence-electron chi connectivity index (χ4n) is 2.72. The minimum Gasteiger partial charge on any atom is -0.484 e. The second-order valence-corrected chi connectivity index (χ2v) is 6.30. The normalized spacial score (nSPS) is 15.7. The molecule has 0 fully saturated rings. The summed E-state index contributed by atoms with van der Waals surface area (Å²) in [6.07, 6.45) is 1.59. The van der Waals surface area contributed by atoms with E-state index >= 15 is 0 Å². The monoisotopic (exact) mass is 315 g/mol. The van der Waals surface area contributed by atoms with E-state index in [1.807, 2.05) is 36.9 Å². The van der Waals surface area contributed by atoms with Gasteiger partial charge in [0.15, 0.2) is 0 Å². The highest BCUT2D eigenvalue weighted by molar-refractivity contribution is 5.82. The molecule has 1 aromatic carbocycles. The number of ether oxygens (including phenoxy) is 1. The van der Waals surface area contributed by atoms with Crippen molar-refractivity contribution in [2.24, 2.45) is 0 Å². The first-order chi connectivity index (χ1) is 10.9. The number of furan rings is 1. The Labute approximate surface area is 135 Å². The zero-order chi connectivity index (χ0) is 16.4. The van der Waals surface area contributed by atoms with Gasteiger partial charge in [0.05, 0.1) is 31.6 Å². The molecule has 6 heteroatoms. The number of nitrogens with zero attached hydrogens (tertiary/aromatic N) is 1. The van der Waals surface area contributed by atoms with Gasteiger partial charge in [0.2, 0.25) is 5.91 Å². The van der Waals surface area contributed by atoms with Crippen molar-refractivity contribution < 1.29 is 13.9 Å². The summed E-state index contributed by atoms with van der Waals surface area (Å²) in [5, 5.41) is 2.86. The number of nitrogens with two attached hydrogens (primary N) is 1. The zero-order valence-electron chi connectivity index (χ0n) is 13.3. The van der Waals surface area contributed by atoms with Crippen molar-refractivity contribution in [3.05, 3.63) is 42.4 Å². The predicted molar refractivity (Wildman–Crippen MR) is 88.3 cm³/mol. The Morgan fingerprint density at radius 3 is 2.96 bits per heavy atom. The molecular weight excluding hydrogens is 294 g/mol. The van der Waals surface area contributed by atoms with Gasteiger partial charge in [0.25, 0.3) is 0 Å². The Morgan fingerprint density at radius 1 is 1.39 bits per heavy atom. The van der Waals surface area contributed by atoms with Gasteiger partial charge in [0.1, 0.15) is 17.1 Å². The summed E-state index contributed by atoms with van der Waals surface area (Å²) in [6.45, 7) is 5.25. The standard InChI is InChI=1S/C17H21N3O3/c1-17(2)11-20(14-6-5-12(18)8-15(14)23-17)10-16(21)19-9-13-4-3-7-22-13/h3-8H,9-11,18H2,1-2H3,(H,19,21). The molecule has 2 aromatic rings. The molecule has 1 aromatic heterocycles. The van der Waals surface area contributed by atoms with E-state index in [0.29, 0.717) is 24.5 Å². The maximum Gasteiger partial charge on any atom is 0.239 e. The van der Waals surface area contributed by atoms with Crippen molar-refractivity contribution in [3.63, 3.8) is 0 Å². The number of rotatable bonds is 4. The second kappa shape index (κ2) is 5.87. The van der Waals surface area contributed by atoms with Gasteiger partial charge in [0, 0.05) is 11.8 Å². The van der Waals surface area contributed by atoms with Crippen LogP contribution in [0.2, 0.25) is 0 Å². The molecule has 23 heavy (non-hydrogen) atoms. The second-order valence-electron chi connectivity index (χ2n) is 6.30. The molecule has 0 bridgehead atoms. The van der Waals surface area contributed by atoms with Crippen molar-refractivity contribution in [2.75, 3.05) is 23.7 Å². The van der Waals surface area contributed by atoms with Crippen LogP contribution in [0.4, 0.5) is 11.4 Å². The molecule has 0 saturated heterocycles. The Bertz CT molecular complexity index is 695. The lowest BCUT2D eigenvalue weighted by Crippen LogP contribution is -2.50. The van der Waals surface area contributed by atoms with Crippen LogP contribution in [0.5, 0.6) is 5.75 Å². The van der Waals surface area contributed by atoms with Crippen LogP contribution in [0.3, 0.4) is 0 Å². The van der Waals surface area contributed by atoms with Gasteiger partial charge >= 0.3 is 0 Å². The number of amides is 1. The van der Waals surface area contributed by atoms with Crippen LogP contribution >= 0.6 is 0 Å². The number of hydrogen-bond donors (Lipinski definition) is 2. The lowest BCUT2D eigenvalue weighted by molar-refractivity contribution is -0.120. The Balaban J connectivity index is 1.70. The van der Waals surface area contributed by atoms with E-state index in [1.165, 1.54) is 0 Å². The van der Waals surface area contributed by atoms with Crippen LogP contribution in [0, 0.1) is 0 Å². The van der Waals surface area contributed by atoms with Crippen molar-refractivity contribution in [3.8, 4) is 5.75 Å². The van der Waals surface area contributed by atoms with Crippen LogP contribution in [0.25, 0.3) is 0 Å². The molecule has 0 radical (unpaired) electrons. The maximum absolute atomic E-state index is 12.2. The number of carbonyl (C=O) groups is 1. The highest BCUT2D eigenvalue weighted by Crippen LogP contribution is 2.37. The first-order valence-electron chi connectivity index (χ1n) is 7.55. The first-order valence-corrected chi connectivity index (χ1v) is 7.55. The van der Waals surface area contributed by atoms with Crippen LogP contribution in [-0.2, 0) is 11.3 Å². The molecule has 3 N–H and O–H groups in total. The predicted octanol–water partition coefficient (Wildman–Crippen LogP) is 2.16. The Morgan fingerprint density at radius 2 is 2.22 bits per heavy atom. The van der Waals surface area contributed by atoms with Crippen molar-refractivity contribution >= 4 is 17.3 Å². The van der Waals surface area contributed by atoms with E-state index in [-0.39, 0.29) is 18.1 Å². The Kier molecular flexibility index (Phi) is 3.90. The van der Waals surface area contributed by atoms with Crippen molar-refractivity contribution in [1.82, 2.24) is 5.32 Å². The molecule has 2 heterocycles. The highest BCUT2D eigenvalue weighted by atomic mass is 16.5. The average Bonchev–Trinajstić information content (AvgIpc) is 2.96. The van der Waals surface area contributed by atoms with Gasteiger partial charge in [-0.25, -0.2) is 0 Å². The number of hydrogen-bond acceptors (Lipinski definition) is 5. The molecule has 1 aliphatic rings. The average molecular weight is 315 g/mol. The molecule has 1 amide bonds. The van der Waals surface area contributed by atoms with Crippen LogP contribution < -0.4 is 20.7 Å². The summed E-state index contributed by atoms with van der Waals surface area (Å²) in [4.78, 5) is 14.2. The SMILES string of the molecule is CC1(C)CN(CC(=O)NCc2ccco2)c2ccc(N)cc2O1. The van der Waals surface area contributed by atoms with Gasteiger partial charge in [-0.1, -0.05) is 0 Å². The number of fused-ring (bicyclic) bond motifs is 1. The molecule has 0 atom stereocenters. The molecule has 0 unspecified atom stereocenters. The third-order valence-corrected chi connectivity index (χ3v) is 3.66. The number of benzene rings is 1. The molecule has 0 spiro atoms. The number of carbonyl (C=O) groups excluding carboxylic acids is 1. The highest BCUT2D eigenvalue weighted by Gasteiger charge is 2.32. The van der Waals surface area contributed by atoms with Crippen LogP contribution in [0.1, 0.15) is 19.6 Å². The first kappa shape index (κ1) is 15.3. The quantitative estimate of drug-likeness (QED) is 0.845. The summed E-state index contributed by atoms with van der Waals surface area (Å²) in [5.41, 5.74) is 6.97. The summed E-state index contributed by atoms with van der Waals surface area (Å²) in [5.74, 6) is 1.37. The van der Waals surface area contributed by atoms with E-state index in [2.05, 4.69) is 5.32 Å². The molecule has 6 nitrogen and oxygen atoms in total. The van der Waals surface area contributed by atoms with Gasteiger partial charge < -0.3 is 25.1 Å². The summed E-state index contributed by atoms with van der Waals surface area (Å²) >= 11 is 0. The minimum atomic E-state index is -0.387. The smallest absolute Gasteiger partial charge is 0.239 e. The zero-order valence-corrected chi connectivity index (χ0v) is 13.3. The van der Waals surface area contributed by atoms with Crippen molar-refractivity contribution in [2.45, 2.75) is 26.0 Å². The maximum atomic E-state index is 12.2. The fraction of sp³-hybridized carbons (Fsp3) is 0.353. The van der Waals surface area contributed by atoms with Gasteiger partial charge in [-0.15, -0.1) is 0 Å². The fourth-order valence-corrected chi connectivity index (χ4v) is 2.72. The van der Waals surface area contributed by atoms with E-state index in [1.54, 1.807) is 18.4 Å². The van der Waals surface area contributed by atoms with Gasteiger partial charge in [-0.2, -0.15) is 0 Å². The van der Waals surface area contributed by atoms with Crippen molar-refractivity contribution in [1.29, 1.82) is 0 Å². The summed E-state index contributed by atoms with van der Waals surface area (Å²) in [7, 11) is 0. The third-order valence-electron chi connectivity index (χ3n) is 3.66. The largest absolute Gasteiger partial charge is 0.484 e. The third kappa shape index (κ3) is 3.59. The topological polar surface area (TPSA) is 80.7 Å². The van der Waals surface area contributed by atoms with E-state index in [4.69, 9.17) is 14.9 Å². The van der Waals surface area contributed by atoms with Crippen LogP contribution in [-0.4, -0.2) is 24.6 Å². The molecule has 0 saturated carbocycles. The molecule has 122 valence electrons. The minimum absolute atomic E-state index is 0.0677. The van der Waals surface area contributed by atoms with Crippen LogP contribution in [0.15, 0.2) is 41.0 Å². The number of nitrogen functional groups attached to an aromatic ring is 1. The lowest BCUT2D eigenvalue weighted by Gasteiger charge is -2.40. The van der Waals surface area contributed by atoms with E-state index in [9.17, 15) is 4.79 Å². The molecular formula is C17H21N3O3. The number of nitrogens with one attached hydrogen (secondary N) is 1. The van der Waals surface area contributed by atoms with E-state index < -0.39 is 0 Å². The van der Waals surface area contributed by atoms with Gasteiger partial charge in [-0.3, -0.25) is 4.79 Å². The summed E-state index contributed by atoms with van der Waals surface area (Å²) < 4.78 is 11.2. The lowest BCUT2D eigenvalue weighted by atomic mass is 10.0. The number of anilines is 2. The van der Waals surface area contributed by atoms with Gasteiger partial charge in [-0.05, 0) is 38.1 Å². The summed E-state index contributed by atoms with van der Waals surface area (Å²) in [6, 6.07) is 9.13. The molecule has 3 rings (SSSR count). The molecule has 0 aliphatic carbocycles. The Hall–Kier alpha value is -2.63. The molecule has 1 aliphatic heterocycles.